The van der Waals surface area contributed by atoms with Crippen molar-refractivity contribution in [2.45, 2.75) is 13.8 Å². The van der Waals surface area contributed by atoms with E-state index >= 15 is 0 Å². The molecule has 170 valence electrons. The Bertz CT molecular complexity index is 1640. The smallest absolute Gasteiger partial charge is 0.274 e. The maximum absolute atomic E-state index is 12.9. The van der Waals surface area contributed by atoms with Gasteiger partial charge in [0.1, 0.15) is 11.3 Å². The van der Waals surface area contributed by atoms with E-state index in [1.165, 1.54) is 9.13 Å². The minimum atomic E-state index is -0.181. The van der Waals surface area contributed by atoms with Crippen LogP contribution in [0.25, 0.3) is 33.3 Å². The van der Waals surface area contributed by atoms with Crippen LogP contribution in [0.1, 0.15) is 11.1 Å². The second-order valence-electron chi connectivity index (χ2n) is 8.39. The van der Waals surface area contributed by atoms with E-state index < -0.39 is 0 Å². The van der Waals surface area contributed by atoms with E-state index in [2.05, 4.69) is 15.2 Å². The number of aromatic amines is 1. The predicted octanol–water partition coefficient (Wildman–Crippen LogP) is 4.10. The lowest BCUT2D eigenvalue weighted by atomic mass is 10.0. The number of para-hydroxylation sites is 1. The average molecular weight is 454 g/mol. The number of H-pyrrole nitrogens is 1. The lowest BCUT2D eigenvalue weighted by molar-refractivity contribution is 0.470. The van der Waals surface area contributed by atoms with Crippen molar-refractivity contribution in [3.8, 4) is 33.9 Å². The van der Waals surface area contributed by atoms with Gasteiger partial charge in [0.2, 0.25) is 0 Å². The van der Waals surface area contributed by atoms with Crippen LogP contribution in [-0.2, 0) is 14.1 Å². The second kappa shape index (κ2) is 8.15. The number of hydrogen-bond donors (Lipinski definition) is 1. The van der Waals surface area contributed by atoms with Gasteiger partial charge in [0.15, 0.2) is 5.75 Å². The summed E-state index contributed by atoms with van der Waals surface area (Å²) in [7, 11) is 3.37. The van der Waals surface area contributed by atoms with E-state index in [0.717, 1.165) is 28.1 Å². The molecule has 0 unspecified atom stereocenters. The molecule has 4 aromatic heterocycles. The van der Waals surface area contributed by atoms with Gasteiger partial charge in [-0.05, 0) is 37.1 Å². The first-order chi connectivity index (χ1) is 16.3. The van der Waals surface area contributed by atoms with Crippen molar-refractivity contribution < 1.29 is 4.74 Å². The van der Waals surface area contributed by atoms with Crippen molar-refractivity contribution in [3.05, 3.63) is 93.0 Å². The van der Waals surface area contributed by atoms with E-state index in [9.17, 15) is 9.59 Å². The largest absolute Gasteiger partial charge is 0.455 e. The van der Waals surface area contributed by atoms with E-state index in [1.54, 1.807) is 44.9 Å². The third-order valence-electron chi connectivity index (χ3n) is 5.96. The number of rotatable bonds is 4. The van der Waals surface area contributed by atoms with Gasteiger partial charge in [-0.1, -0.05) is 18.2 Å². The molecule has 0 bridgehead atoms. The highest BCUT2D eigenvalue weighted by Crippen LogP contribution is 2.38. The third kappa shape index (κ3) is 3.59. The first-order valence-corrected chi connectivity index (χ1v) is 10.8. The summed E-state index contributed by atoms with van der Waals surface area (Å²) in [6.07, 6.45) is 6.64. The molecular weight excluding hydrogens is 430 g/mol. The third-order valence-corrected chi connectivity index (χ3v) is 5.96. The van der Waals surface area contributed by atoms with Gasteiger partial charge >= 0.3 is 0 Å². The van der Waals surface area contributed by atoms with Crippen molar-refractivity contribution >= 4 is 10.9 Å². The van der Waals surface area contributed by atoms with Crippen molar-refractivity contribution in [2.75, 3.05) is 0 Å². The minimum absolute atomic E-state index is 0.173. The summed E-state index contributed by atoms with van der Waals surface area (Å²) in [6, 6.07) is 11.2. The van der Waals surface area contributed by atoms with Gasteiger partial charge in [0, 0.05) is 54.1 Å². The molecule has 0 fully saturated rings. The summed E-state index contributed by atoms with van der Waals surface area (Å²) in [5.41, 5.74) is 4.90. The molecule has 0 radical (unpaired) electrons. The van der Waals surface area contributed by atoms with Crippen molar-refractivity contribution in [2.24, 2.45) is 14.1 Å². The molecule has 5 aromatic rings. The van der Waals surface area contributed by atoms with Crippen LogP contribution in [-0.4, -0.2) is 24.3 Å². The molecule has 0 spiro atoms. The molecule has 0 aliphatic heterocycles. The molecule has 8 heteroatoms. The Morgan fingerprint density at radius 2 is 1.68 bits per heavy atom. The Kier molecular flexibility index (Phi) is 5.13. The Morgan fingerprint density at radius 1 is 0.912 bits per heavy atom. The van der Waals surface area contributed by atoms with E-state index in [-0.39, 0.29) is 11.1 Å². The molecule has 5 rings (SSSR count). The standard InChI is InChI=1S/C26H23N5O3/c1-15-6-5-7-16(2)25(15)34-22-14-30(3)23(32)11-18(22)20-13-31(4)26(33)24-19(20)10-21(29-24)17-8-9-27-28-12-17/h5-14,29H,1-4H3. The van der Waals surface area contributed by atoms with Gasteiger partial charge in [-0.25, -0.2) is 0 Å². The fourth-order valence-corrected chi connectivity index (χ4v) is 4.12. The van der Waals surface area contributed by atoms with Gasteiger partial charge in [-0.15, -0.1) is 0 Å². The number of benzene rings is 1. The normalized spacial score (nSPS) is 11.2. The Morgan fingerprint density at radius 3 is 2.38 bits per heavy atom. The topological polar surface area (TPSA) is 94.8 Å². The number of aryl methyl sites for hydroxylation is 4. The van der Waals surface area contributed by atoms with Crippen LogP contribution in [0.3, 0.4) is 0 Å². The Balaban J connectivity index is 1.78. The summed E-state index contributed by atoms with van der Waals surface area (Å²) in [5, 5.41) is 8.44. The van der Waals surface area contributed by atoms with Crippen molar-refractivity contribution in [1.82, 2.24) is 24.3 Å². The first kappa shape index (κ1) is 21.4. The zero-order valence-electron chi connectivity index (χ0n) is 19.3. The molecule has 0 atom stereocenters. The van der Waals surface area contributed by atoms with Crippen LogP contribution in [0, 0.1) is 13.8 Å². The zero-order chi connectivity index (χ0) is 24.0. The molecule has 0 aliphatic carbocycles. The van der Waals surface area contributed by atoms with Crippen molar-refractivity contribution in [3.63, 3.8) is 0 Å². The van der Waals surface area contributed by atoms with Crippen LogP contribution in [0.5, 0.6) is 11.5 Å². The molecule has 34 heavy (non-hydrogen) atoms. The molecule has 8 nitrogen and oxygen atoms in total. The SMILES string of the molecule is Cc1cccc(C)c1Oc1cn(C)c(=O)cc1-c1cn(C)c(=O)c2[nH]c(-c3ccnnc3)cc12. The maximum atomic E-state index is 12.9. The number of fused-ring (bicyclic) bond motifs is 1. The number of hydrogen-bond acceptors (Lipinski definition) is 5. The van der Waals surface area contributed by atoms with Crippen LogP contribution in [0.4, 0.5) is 0 Å². The quantitative estimate of drug-likeness (QED) is 0.442. The molecule has 1 N–H and O–H groups in total. The molecule has 0 saturated heterocycles. The number of nitrogens with zero attached hydrogens (tertiary/aromatic N) is 4. The number of pyridine rings is 2. The summed E-state index contributed by atoms with van der Waals surface area (Å²) >= 11 is 0. The van der Waals surface area contributed by atoms with Gasteiger partial charge in [-0.2, -0.15) is 10.2 Å². The maximum Gasteiger partial charge on any atom is 0.274 e. The molecule has 4 heterocycles. The van der Waals surface area contributed by atoms with Gasteiger partial charge < -0.3 is 18.9 Å². The minimum Gasteiger partial charge on any atom is -0.455 e. The lowest BCUT2D eigenvalue weighted by Gasteiger charge is -2.17. The molecule has 0 saturated carbocycles. The second-order valence-corrected chi connectivity index (χ2v) is 8.39. The van der Waals surface area contributed by atoms with Crippen LogP contribution < -0.4 is 15.9 Å². The van der Waals surface area contributed by atoms with Gasteiger partial charge in [0.05, 0.1) is 18.6 Å². The lowest BCUT2D eigenvalue weighted by Crippen LogP contribution is -2.18. The molecule has 0 amide bonds. The average Bonchev–Trinajstić information content (AvgIpc) is 3.27. The Labute approximate surface area is 195 Å². The van der Waals surface area contributed by atoms with Gasteiger partial charge in [0.25, 0.3) is 11.1 Å². The highest BCUT2D eigenvalue weighted by atomic mass is 16.5. The van der Waals surface area contributed by atoms with E-state index in [4.69, 9.17) is 4.74 Å². The number of ether oxygens (including phenoxy) is 1. The summed E-state index contributed by atoms with van der Waals surface area (Å²) in [4.78, 5) is 28.9. The first-order valence-electron chi connectivity index (χ1n) is 10.8. The molecular formula is C26H23N5O3. The highest BCUT2D eigenvalue weighted by molar-refractivity contribution is 5.98. The van der Waals surface area contributed by atoms with Crippen LogP contribution >= 0.6 is 0 Å². The van der Waals surface area contributed by atoms with Gasteiger partial charge in [-0.3, -0.25) is 9.59 Å². The van der Waals surface area contributed by atoms with E-state index in [1.807, 2.05) is 44.2 Å². The highest BCUT2D eigenvalue weighted by Gasteiger charge is 2.19. The van der Waals surface area contributed by atoms with Crippen molar-refractivity contribution in [1.29, 1.82) is 0 Å². The summed E-state index contributed by atoms with van der Waals surface area (Å²) < 4.78 is 9.38. The van der Waals surface area contributed by atoms with E-state index in [0.29, 0.717) is 27.8 Å². The zero-order valence-corrected chi connectivity index (χ0v) is 19.3. The summed E-state index contributed by atoms with van der Waals surface area (Å²) in [6.45, 7) is 3.96. The summed E-state index contributed by atoms with van der Waals surface area (Å²) in [5.74, 6) is 1.26. The molecule has 0 aliphatic rings. The predicted molar refractivity (Wildman–Crippen MR) is 131 cm³/mol. The fraction of sp³-hybridized carbons (Fsp3) is 0.154. The monoisotopic (exact) mass is 453 g/mol. The van der Waals surface area contributed by atoms with Crippen LogP contribution in [0.15, 0.2) is 70.8 Å². The molecule has 1 aromatic carbocycles. The Hall–Kier alpha value is -4.46. The fourth-order valence-electron chi connectivity index (χ4n) is 4.12. The van der Waals surface area contributed by atoms with Crippen LogP contribution in [0.2, 0.25) is 0 Å². The number of nitrogens with one attached hydrogen (secondary N) is 1. The number of aromatic nitrogens is 5.